The van der Waals surface area contributed by atoms with Crippen LogP contribution in [0, 0.1) is 0 Å². The largest absolute Gasteiger partial charge is 0.481 e. The van der Waals surface area contributed by atoms with E-state index in [1.54, 1.807) is 30.6 Å². The number of carbonyl (C=O) groups is 1. The van der Waals surface area contributed by atoms with Gasteiger partial charge in [0, 0.05) is 31.4 Å². The summed E-state index contributed by atoms with van der Waals surface area (Å²) in [4.78, 5) is 22.0. The van der Waals surface area contributed by atoms with E-state index in [2.05, 4.69) is 9.97 Å². The van der Waals surface area contributed by atoms with Crippen LogP contribution in [0.15, 0.2) is 30.6 Å². The summed E-state index contributed by atoms with van der Waals surface area (Å²) in [6.45, 7) is 1.94. The van der Waals surface area contributed by atoms with E-state index in [-0.39, 0.29) is 31.6 Å². The van der Waals surface area contributed by atoms with Gasteiger partial charge in [-0.3, -0.25) is 4.79 Å². The van der Waals surface area contributed by atoms with Crippen LogP contribution in [0.25, 0.3) is 0 Å². The maximum absolute atomic E-state index is 12.1. The van der Waals surface area contributed by atoms with E-state index >= 15 is 0 Å². The number of carbonyl (C=O) groups excluding carboxylic acids is 1. The number of hydrogen-bond donors (Lipinski definition) is 2. The van der Waals surface area contributed by atoms with Crippen LogP contribution >= 0.6 is 11.6 Å². The topological polar surface area (TPSA) is 105 Å². The number of aliphatic hydroxyl groups excluding tert-OH is 1. The van der Waals surface area contributed by atoms with E-state index < -0.39 is 6.29 Å². The van der Waals surface area contributed by atoms with Crippen LogP contribution in [0.2, 0.25) is 5.02 Å². The van der Waals surface area contributed by atoms with Gasteiger partial charge in [0.05, 0.1) is 10.7 Å². The zero-order chi connectivity index (χ0) is 19.4. The fourth-order valence-corrected chi connectivity index (χ4v) is 2.93. The number of aromatic nitrogens is 2. The minimum atomic E-state index is -1.50. The number of halogens is 1. The lowest BCUT2D eigenvalue weighted by molar-refractivity contribution is -0.121. The predicted molar refractivity (Wildman–Crippen MR) is 97.8 cm³/mol. The fourth-order valence-electron chi connectivity index (χ4n) is 2.73. The van der Waals surface area contributed by atoms with Crippen LogP contribution in [-0.4, -0.2) is 45.5 Å². The normalized spacial score (nSPS) is 14.7. The van der Waals surface area contributed by atoms with E-state index in [1.165, 1.54) is 4.90 Å². The Kier molecular flexibility index (Phi) is 6.10. The first-order chi connectivity index (χ1) is 13.0. The highest BCUT2D eigenvalue weighted by Gasteiger charge is 2.28. The predicted octanol–water partition coefficient (Wildman–Crippen LogP) is 2.09. The van der Waals surface area contributed by atoms with Crippen LogP contribution in [0.3, 0.4) is 0 Å². The minimum Gasteiger partial charge on any atom is -0.481 e. The highest BCUT2D eigenvalue weighted by atomic mass is 35.5. The molecule has 1 aliphatic rings. The molecule has 1 aromatic carbocycles. The lowest BCUT2D eigenvalue weighted by atomic mass is 10.2. The zero-order valence-electron chi connectivity index (χ0n) is 14.7. The molecule has 0 bridgehead atoms. The third kappa shape index (κ3) is 4.47. The lowest BCUT2D eigenvalue weighted by Crippen LogP contribution is -2.40. The Balaban J connectivity index is 1.86. The summed E-state index contributed by atoms with van der Waals surface area (Å²) in [5, 5.41) is 18.5. The monoisotopic (exact) mass is 393 g/mol. The molecule has 0 spiro atoms. The number of hydrogen-bond acceptors (Lipinski definition) is 7. The lowest BCUT2D eigenvalue weighted by Gasteiger charge is -2.30. The molecule has 2 N–H and O–H groups in total. The average molecular weight is 394 g/mol. The molecule has 1 amide bonds. The Morgan fingerprint density at radius 1 is 1.33 bits per heavy atom. The van der Waals surface area contributed by atoms with Gasteiger partial charge in [0.1, 0.15) is 11.5 Å². The van der Waals surface area contributed by atoms with Crippen LogP contribution in [0.4, 0.5) is 5.69 Å². The van der Waals surface area contributed by atoms with Gasteiger partial charge in [0.15, 0.2) is 24.8 Å². The molecule has 144 valence electrons. The quantitative estimate of drug-likeness (QED) is 0.694. The SMILES string of the molecule is CC[C@H](Oc1cc2c(cc1Cl)N(CCC(O)O)C(=O)CO2)c1ncccn1. The van der Waals surface area contributed by atoms with Crippen molar-refractivity contribution in [3.8, 4) is 11.5 Å². The van der Waals surface area contributed by atoms with Crippen molar-refractivity contribution in [2.45, 2.75) is 32.2 Å². The molecule has 0 unspecified atom stereocenters. The van der Waals surface area contributed by atoms with Gasteiger partial charge in [-0.05, 0) is 18.6 Å². The van der Waals surface area contributed by atoms with Crippen molar-refractivity contribution in [1.29, 1.82) is 0 Å². The molecule has 27 heavy (non-hydrogen) atoms. The smallest absolute Gasteiger partial charge is 0.265 e. The molecule has 1 aliphatic heterocycles. The molecule has 0 fully saturated rings. The minimum absolute atomic E-state index is 0.0182. The number of amides is 1. The summed E-state index contributed by atoms with van der Waals surface area (Å²) in [7, 11) is 0. The van der Waals surface area contributed by atoms with Crippen molar-refractivity contribution in [2.75, 3.05) is 18.1 Å². The Labute approximate surface area is 161 Å². The Hall–Kier alpha value is -2.42. The fraction of sp³-hybridized carbons (Fsp3) is 0.389. The molecule has 2 heterocycles. The molecule has 0 saturated heterocycles. The average Bonchev–Trinajstić information content (AvgIpc) is 2.66. The summed E-state index contributed by atoms with van der Waals surface area (Å²) in [5.41, 5.74) is 0.466. The maximum atomic E-state index is 12.1. The van der Waals surface area contributed by atoms with E-state index in [9.17, 15) is 4.79 Å². The first-order valence-electron chi connectivity index (χ1n) is 8.56. The Bertz CT molecular complexity index is 803. The van der Waals surface area contributed by atoms with Crippen molar-refractivity contribution in [1.82, 2.24) is 9.97 Å². The number of nitrogens with zero attached hydrogens (tertiary/aromatic N) is 3. The second-order valence-corrected chi connectivity index (χ2v) is 6.38. The molecule has 1 atom stereocenters. The Morgan fingerprint density at radius 2 is 2.07 bits per heavy atom. The molecule has 0 saturated carbocycles. The molecular formula is C18H20ClN3O5. The van der Waals surface area contributed by atoms with Crippen LogP contribution in [-0.2, 0) is 4.79 Å². The first-order valence-corrected chi connectivity index (χ1v) is 8.93. The molecule has 3 rings (SSSR count). The molecule has 8 nitrogen and oxygen atoms in total. The highest BCUT2D eigenvalue weighted by molar-refractivity contribution is 6.32. The Morgan fingerprint density at radius 3 is 2.74 bits per heavy atom. The van der Waals surface area contributed by atoms with Gasteiger partial charge in [-0.25, -0.2) is 9.97 Å². The molecule has 9 heteroatoms. The zero-order valence-corrected chi connectivity index (χ0v) is 15.5. The number of ether oxygens (including phenoxy) is 2. The molecule has 0 radical (unpaired) electrons. The van der Waals surface area contributed by atoms with Crippen LogP contribution < -0.4 is 14.4 Å². The molecule has 1 aromatic heterocycles. The van der Waals surface area contributed by atoms with Crippen molar-refractivity contribution in [2.24, 2.45) is 0 Å². The first kappa shape index (κ1) is 19.3. The van der Waals surface area contributed by atoms with E-state index in [0.29, 0.717) is 34.5 Å². The summed E-state index contributed by atoms with van der Waals surface area (Å²) < 4.78 is 11.5. The second kappa shape index (κ2) is 8.51. The van der Waals surface area contributed by atoms with Gasteiger partial charge in [-0.1, -0.05) is 18.5 Å². The van der Waals surface area contributed by atoms with Gasteiger partial charge in [-0.2, -0.15) is 0 Å². The van der Waals surface area contributed by atoms with Crippen LogP contribution in [0.5, 0.6) is 11.5 Å². The van der Waals surface area contributed by atoms with Crippen LogP contribution in [0.1, 0.15) is 31.7 Å². The number of fused-ring (bicyclic) bond motifs is 1. The third-order valence-electron chi connectivity index (χ3n) is 4.08. The van der Waals surface area contributed by atoms with Gasteiger partial charge >= 0.3 is 0 Å². The number of rotatable bonds is 7. The summed E-state index contributed by atoms with van der Waals surface area (Å²) in [6, 6.07) is 4.93. The van der Waals surface area contributed by atoms with E-state index in [0.717, 1.165) is 0 Å². The third-order valence-corrected chi connectivity index (χ3v) is 4.38. The summed E-state index contributed by atoms with van der Waals surface area (Å²) in [5.74, 6) is 1.09. The van der Waals surface area contributed by atoms with Gasteiger partial charge < -0.3 is 24.6 Å². The van der Waals surface area contributed by atoms with Gasteiger partial charge in [0.2, 0.25) is 0 Å². The maximum Gasteiger partial charge on any atom is 0.265 e. The summed E-state index contributed by atoms with van der Waals surface area (Å²) in [6.07, 6.45) is 2.06. The number of anilines is 1. The van der Waals surface area contributed by atoms with E-state index in [1.807, 2.05) is 6.92 Å². The van der Waals surface area contributed by atoms with Gasteiger partial charge in [-0.15, -0.1) is 0 Å². The summed E-state index contributed by atoms with van der Waals surface area (Å²) >= 11 is 6.37. The standard InChI is InChI=1S/C18H20ClN3O5/c1-2-13(18-20-5-3-6-21-18)27-14-9-15-12(8-11(14)19)22(7-4-17(24)25)16(23)10-26-15/h3,5-6,8-9,13,17,24-25H,2,4,7,10H2,1H3/t13-/m0/s1. The molecule has 2 aromatic rings. The number of benzene rings is 1. The molecular weight excluding hydrogens is 374 g/mol. The van der Waals surface area contributed by atoms with Crippen molar-refractivity contribution < 1.29 is 24.5 Å². The van der Waals surface area contributed by atoms with Gasteiger partial charge in [0.25, 0.3) is 5.91 Å². The molecule has 0 aliphatic carbocycles. The highest BCUT2D eigenvalue weighted by Crippen LogP contribution is 2.41. The second-order valence-electron chi connectivity index (χ2n) is 5.98. The van der Waals surface area contributed by atoms with Crippen molar-refractivity contribution in [3.63, 3.8) is 0 Å². The van der Waals surface area contributed by atoms with Crippen molar-refractivity contribution in [3.05, 3.63) is 41.4 Å². The van der Waals surface area contributed by atoms with E-state index in [4.69, 9.17) is 31.3 Å². The number of aliphatic hydroxyl groups is 2. The van der Waals surface area contributed by atoms with Crippen molar-refractivity contribution >= 4 is 23.2 Å².